The van der Waals surface area contributed by atoms with Crippen molar-refractivity contribution in [1.82, 2.24) is 20.6 Å². The predicted molar refractivity (Wildman–Crippen MR) is 108 cm³/mol. The normalized spacial score (nSPS) is 13.0. The average molecular weight is 420 g/mol. The summed E-state index contributed by atoms with van der Waals surface area (Å²) >= 11 is 1.55. The highest BCUT2D eigenvalue weighted by molar-refractivity contribution is 7.18. The number of carbonyl (C=O) groups excluding carboxylic acids is 3. The first-order valence-electron chi connectivity index (χ1n) is 9.70. The Balaban J connectivity index is 1.50. The third kappa shape index (κ3) is 5.41. The van der Waals surface area contributed by atoms with Gasteiger partial charge in [0.25, 0.3) is 11.5 Å². The summed E-state index contributed by atoms with van der Waals surface area (Å²) < 4.78 is 4.90. The van der Waals surface area contributed by atoms with Crippen LogP contribution in [0.25, 0.3) is 10.2 Å². The number of aryl methyl sites for hydroxylation is 3. The van der Waals surface area contributed by atoms with Gasteiger partial charge in [-0.15, -0.1) is 11.3 Å². The molecule has 1 aliphatic carbocycles. The van der Waals surface area contributed by atoms with Crippen molar-refractivity contribution in [2.75, 3.05) is 19.7 Å². The van der Waals surface area contributed by atoms with E-state index in [4.69, 9.17) is 4.74 Å². The van der Waals surface area contributed by atoms with Gasteiger partial charge in [0, 0.05) is 17.8 Å². The van der Waals surface area contributed by atoms with Gasteiger partial charge in [-0.2, -0.15) is 0 Å². The number of likely N-dealkylation sites (N-methyl/N-ethyl adjacent to an activating group) is 1. The summed E-state index contributed by atoms with van der Waals surface area (Å²) in [6.45, 7) is 1.62. The standard InChI is InChI=1S/C19H24N4O5S/c1-2-20-14(24)9-21-15(25)10-28-16(26)8-7-13-22-18(27)17-11-5-3-4-6-12(11)29-19(17)23-13/h2-10H2,1H3,(H,20,24)(H,21,25)(H,22,23,27). The Morgan fingerprint density at radius 2 is 1.97 bits per heavy atom. The summed E-state index contributed by atoms with van der Waals surface area (Å²) in [7, 11) is 0. The van der Waals surface area contributed by atoms with Gasteiger partial charge in [0.2, 0.25) is 5.91 Å². The van der Waals surface area contributed by atoms with E-state index < -0.39 is 18.5 Å². The molecule has 0 aromatic carbocycles. The fraction of sp³-hybridized carbons (Fsp3) is 0.526. The van der Waals surface area contributed by atoms with Crippen molar-refractivity contribution < 1.29 is 19.1 Å². The van der Waals surface area contributed by atoms with Crippen molar-refractivity contribution >= 4 is 39.3 Å². The van der Waals surface area contributed by atoms with E-state index in [2.05, 4.69) is 20.6 Å². The number of fused-ring (bicyclic) bond motifs is 3. The summed E-state index contributed by atoms with van der Waals surface area (Å²) in [6, 6.07) is 0. The minimum atomic E-state index is -0.577. The van der Waals surface area contributed by atoms with Crippen LogP contribution in [-0.4, -0.2) is 47.4 Å². The van der Waals surface area contributed by atoms with Crippen LogP contribution in [0.3, 0.4) is 0 Å². The molecule has 3 N–H and O–H groups in total. The van der Waals surface area contributed by atoms with E-state index >= 15 is 0 Å². The van der Waals surface area contributed by atoms with Crippen LogP contribution < -0.4 is 16.2 Å². The molecule has 0 bridgehead atoms. The zero-order valence-corrected chi connectivity index (χ0v) is 17.1. The Morgan fingerprint density at radius 3 is 2.76 bits per heavy atom. The van der Waals surface area contributed by atoms with Crippen molar-refractivity contribution in [2.45, 2.75) is 45.4 Å². The first-order valence-corrected chi connectivity index (χ1v) is 10.5. The van der Waals surface area contributed by atoms with E-state index in [9.17, 15) is 19.2 Å². The summed E-state index contributed by atoms with van der Waals surface area (Å²) in [4.78, 5) is 56.4. The Labute approximate surface area is 171 Å². The number of nitrogens with one attached hydrogen (secondary N) is 3. The number of nitrogens with zero attached hydrogens (tertiary/aromatic N) is 1. The lowest BCUT2D eigenvalue weighted by atomic mass is 9.97. The number of ether oxygens (including phenoxy) is 1. The second kappa shape index (κ2) is 9.64. The molecule has 0 fully saturated rings. The summed E-state index contributed by atoms with van der Waals surface area (Å²) in [5, 5.41) is 5.58. The number of aromatic nitrogens is 2. The van der Waals surface area contributed by atoms with Gasteiger partial charge < -0.3 is 20.4 Å². The molecule has 156 valence electrons. The number of H-pyrrole nitrogens is 1. The molecular weight excluding hydrogens is 396 g/mol. The summed E-state index contributed by atoms with van der Waals surface area (Å²) in [5.74, 6) is -1.01. The van der Waals surface area contributed by atoms with Gasteiger partial charge in [0.1, 0.15) is 10.7 Å². The number of hydrogen-bond donors (Lipinski definition) is 3. The van der Waals surface area contributed by atoms with Crippen LogP contribution in [0.1, 0.15) is 42.5 Å². The van der Waals surface area contributed by atoms with Gasteiger partial charge in [-0.3, -0.25) is 19.2 Å². The second-order valence-corrected chi connectivity index (χ2v) is 7.88. The number of rotatable bonds is 8. The summed E-state index contributed by atoms with van der Waals surface area (Å²) in [6.07, 6.45) is 4.32. The molecule has 0 atom stereocenters. The third-order valence-electron chi connectivity index (χ3n) is 4.62. The predicted octanol–water partition coefficient (Wildman–Crippen LogP) is 0.591. The molecule has 0 saturated carbocycles. The third-order valence-corrected chi connectivity index (χ3v) is 5.81. The van der Waals surface area contributed by atoms with Crippen LogP contribution in [0.4, 0.5) is 0 Å². The number of carbonyl (C=O) groups is 3. The summed E-state index contributed by atoms with van der Waals surface area (Å²) in [5.41, 5.74) is 0.956. The van der Waals surface area contributed by atoms with Gasteiger partial charge in [-0.25, -0.2) is 4.98 Å². The van der Waals surface area contributed by atoms with E-state index in [0.717, 1.165) is 31.2 Å². The van der Waals surface area contributed by atoms with Crippen molar-refractivity contribution in [3.63, 3.8) is 0 Å². The lowest BCUT2D eigenvalue weighted by Crippen LogP contribution is -2.38. The number of hydrogen-bond acceptors (Lipinski definition) is 7. The van der Waals surface area contributed by atoms with Gasteiger partial charge in [0.05, 0.1) is 18.4 Å². The topological polar surface area (TPSA) is 130 Å². The average Bonchev–Trinajstić information content (AvgIpc) is 3.08. The van der Waals surface area contributed by atoms with Gasteiger partial charge in [0.15, 0.2) is 6.61 Å². The van der Waals surface area contributed by atoms with E-state index in [-0.39, 0.29) is 30.9 Å². The van der Waals surface area contributed by atoms with Gasteiger partial charge >= 0.3 is 5.97 Å². The largest absolute Gasteiger partial charge is 0.456 e. The minimum absolute atomic E-state index is 0.0108. The van der Waals surface area contributed by atoms with E-state index in [1.807, 2.05) is 0 Å². The van der Waals surface area contributed by atoms with Crippen LogP contribution in [0, 0.1) is 0 Å². The quantitative estimate of drug-likeness (QED) is 0.536. The SMILES string of the molecule is CCNC(=O)CNC(=O)COC(=O)CCc1nc2sc3c(c2c(=O)[nH]1)CCCC3. The Morgan fingerprint density at radius 1 is 1.17 bits per heavy atom. The van der Waals surface area contributed by atoms with E-state index in [1.165, 1.54) is 4.88 Å². The lowest BCUT2D eigenvalue weighted by Gasteiger charge is -2.09. The highest BCUT2D eigenvalue weighted by atomic mass is 32.1. The lowest BCUT2D eigenvalue weighted by molar-refractivity contribution is -0.148. The fourth-order valence-corrected chi connectivity index (χ4v) is 4.54. The number of thiophene rings is 1. The molecule has 1 aliphatic rings. The highest BCUT2D eigenvalue weighted by Gasteiger charge is 2.20. The molecule has 3 rings (SSSR count). The molecule has 2 aromatic heterocycles. The molecule has 2 heterocycles. The van der Waals surface area contributed by atoms with Crippen LogP contribution in [0.15, 0.2) is 4.79 Å². The zero-order valence-electron chi connectivity index (χ0n) is 16.3. The van der Waals surface area contributed by atoms with Crippen LogP contribution >= 0.6 is 11.3 Å². The zero-order chi connectivity index (χ0) is 20.8. The smallest absolute Gasteiger partial charge is 0.306 e. The first kappa shape index (κ1) is 21.0. The molecule has 0 unspecified atom stereocenters. The minimum Gasteiger partial charge on any atom is -0.456 e. The van der Waals surface area contributed by atoms with Crippen molar-refractivity contribution in [2.24, 2.45) is 0 Å². The van der Waals surface area contributed by atoms with E-state index in [0.29, 0.717) is 22.6 Å². The molecule has 29 heavy (non-hydrogen) atoms. The maximum absolute atomic E-state index is 12.5. The Hall–Kier alpha value is -2.75. The second-order valence-electron chi connectivity index (χ2n) is 6.79. The molecule has 10 heteroatoms. The molecule has 0 radical (unpaired) electrons. The highest BCUT2D eigenvalue weighted by Crippen LogP contribution is 2.33. The number of amides is 2. The van der Waals surface area contributed by atoms with E-state index in [1.54, 1.807) is 18.3 Å². The molecule has 2 aromatic rings. The number of esters is 1. The van der Waals surface area contributed by atoms with Crippen LogP contribution in [0.5, 0.6) is 0 Å². The van der Waals surface area contributed by atoms with Crippen molar-refractivity contribution in [3.8, 4) is 0 Å². The van der Waals surface area contributed by atoms with Crippen LogP contribution in [0.2, 0.25) is 0 Å². The number of aromatic amines is 1. The molecule has 0 spiro atoms. The maximum Gasteiger partial charge on any atom is 0.306 e. The first-order chi connectivity index (χ1) is 14.0. The molecule has 9 nitrogen and oxygen atoms in total. The van der Waals surface area contributed by atoms with Crippen molar-refractivity contribution in [1.29, 1.82) is 0 Å². The van der Waals surface area contributed by atoms with Crippen molar-refractivity contribution in [3.05, 3.63) is 26.6 Å². The van der Waals surface area contributed by atoms with Crippen LogP contribution in [-0.2, 0) is 38.4 Å². The molecule has 2 amide bonds. The Bertz CT molecular complexity index is 981. The molecule has 0 aliphatic heterocycles. The van der Waals surface area contributed by atoms with Gasteiger partial charge in [-0.05, 0) is 38.2 Å². The Kier molecular flexibility index (Phi) is 6.97. The van der Waals surface area contributed by atoms with Gasteiger partial charge in [-0.1, -0.05) is 0 Å². The monoisotopic (exact) mass is 420 g/mol. The molecular formula is C19H24N4O5S. The maximum atomic E-state index is 12.5. The molecule has 0 saturated heterocycles. The fourth-order valence-electron chi connectivity index (χ4n) is 3.26.